The Labute approximate surface area is 145 Å². The molecule has 2 atom stereocenters. The molecule has 0 fully saturated rings. The van der Waals surface area contributed by atoms with Gasteiger partial charge in [0.05, 0.1) is 0 Å². The monoisotopic (exact) mass is 335 g/mol. The number of hydrogen-bond acceptors (Lipinski definition) is 4. The number of halogens is 1. The Bertz CT molecular complexity index is 876. The lowest BCUT2D eigenvalue weighted by Gasteiger charge is -2.32. The fourth-order valence-corrected chi connectivity index (χ4v) is 3.45. The number of nitrogens with two attached hydrogens (primary N) is 1. The van der Waals surface area contributed by atoms with E-state index in [-0.39, 0.29) is 17.8 Å². The number of pyridine rings is 1. The van der Waals surface area contributed by atoms with Gasteiger partial charge in [0.1, 0.15) is 18.0 Å². The molecule has 0 saturated carbocycles. The zero-order valence-corrected chi connectivity index (χ0v) is 13.6. The van der Waals surface area contributed by atoms with Gasteiger partial charge < -0.3 is 10.5 Å². The summed E-state index contributed by atoms with van der Waals surface area (Å²) in [5.41, 5.74) is 8.27. The van der Waals surface area contributed by atoms with Crippen LogP contribution in [0, 0.1) is 5.92 Å². The standard InChI is InChI=1S/C20H18FN3O/c21-18-8-6-16(7-9-18)20(13-25-19(22)24-20)17-5-1-3-14(11-17)15-4-2-10-23-12-15/h1-6,8-12,16H,7,13H2,(H2,22,24). The third kappa shape index (κ3) is 2.82. The predicted octanol–water partition coefficient (Wildman–Crippen LogP) is 3.72. The third-order valence-electron chi connectivity index (χ3n) is 4.78. The number of benzene rings is 1. The van der Waals surface area contributed by atoms with E-state index in [1.807, 2.05) is 42.6 Å². The number of ether oxygens (including phenoxy) is 1. The maximum absolute atomic E-state index is 13.4. The van der Waals surface area contributed by atoms with Gasteiger partial charge in [0.25, 0.3) is 6.02 Å². The van der Waals surface area contributed by atoms with Crippen molar-refractivity contribution in [1.29, 1.82) is 0 Å². The Morgan fingerprint density at radius 3 is 2.76 bits per heavy atom. The van der Waals surface area contributed by atoms with Crippen LogP contribution in [0.3, 0.4) is 0 Å². The molecular formula is C20H18FN3O. The van der Waals surface area contributed by atoms with Gasteiger partial charge in [0, 0.05) is 18.3 Å². The lowest BCUT2D eigenvalue weighted by molar-refractivity contribution is 0.212. The minimum atomic E-state index is -0.643. The highest BCUT2D eigenvalue weighted by Crippen LogP contribution is 2.43. The molecule has 0 amide bonds. The topological polar surface area (TPSA) is 60.5 Å². The molecule has 0 saturated heterocycles. The van der Waals surface area contributed by atoms with E-state index in [1.54, 1.807) is 12.3 Å². The number of aliphatic imine (C=N–C) groups is 1. The van der Waals surface area contributed by atoms with Crippen molar-refractivity contribution < 1.29 is 9.13 Å². The molecular weight excluding hydrogens is 317 g/mol. The maximum Gasteiger partial charge on any atom is 0.283 e. The summed E-state index contributed by atoms with van der Waals surface area (Å²) in [6, 6.07) is 12.2. The quantitative estimate of drug-likeness (QED) is 0.930. The van der Waals surface area contributed by atoms with Crippen LogP contribution in [0.5, 0.6) is 0 Å². The smallest absolute Gasteiger partial charge is 0.283 e. The summed E-state index contributed by atoms with van der Waals surface area (Å²) in [7, 11) is 0. The molecule has 1 aromatic carbocycles. The first-order valence-corrected chi connectivity index (χ1v) is 8.20. The Kier molecular flexibility index (Phi) is 3.84. The highest BCUT2D eigenvalue weighted by molar-refractivity contribution is 5.74. The maximum atomic E-state index is 13.4. The molecule has 2 heterocycles. The van der Waals surface area contributed by atoms with Crippen molar-refractivity contribution in [2.24, 2.45) is 16.6 Å². The van der Waals surface area contributed by atoms with E-state index in [4.69, 9.17) is 10.5 Å². The van der Waals surface area contributed by atoms with Crippen LogP contribution in [0.25, 0.3) is 11.1 Å². The van der Waals surface area contributed by atoms with Crippen LogP contribution in [0.2, 0.25) is 0 Å². The largest absolute Gasteiger partial charge is 0.462 e. The van der Waals surface area contributed by atoms with Gasteiger partial charge in [0.15, 0.2) is 0 Å². The number of rotatable bonds is 3. The lowest BCUT2D eigenvalue weighted by atomic mass is 9.75. The molecule has 25 heavy (non-hydrogen) atoms. The summed E-state index contributed by atoms with van der Waals surface area (Å²) in [5, 5.41) is 0. The van der Waals surface area contributed by atoms with E-state index in [0.29, 0.717) is 13.0 Å². The summed E-state index contributed by atoms with van der Waals surface area (Å²) in [6.45, 7) is 0.347. The molecule has 0 bridgehead atoms. The van der Waals surface area contributed by atoms with Gasteiger partial charge in [-0.25, -0.2) is 9.38 Å². The van der Waals surface area contributed by atoms with Gasteiger partial charge in [-0.3, -0.25) is 4.98 Å². The number of aromatic nitrogens is 1. The highest BCUT2D eigenvalue weighted by Gasteiger charge is 2.44. The minimum absolute atomic E-state index is 0.0165. The van der Waals surface area contributed by atoms with Gasteiger partial charge in [-0.2, -0.15) is 0 Å². The Balaban J connectivity index is 1.78. The van der Waals surface area contributed by atoms with Crippen LogP contribution in [0.15, 0.2) is 77.8 Å². The van der Waals surface area contributed by atoms with Gasteiger partial charge in [-0.1, -0.05) is 30.3 Å². The zero-order chi connectivity index (χ0) is 17.3. The van der Waals surface area contributed by atoms with Crippen LogP contribution in [0.4, 0.5) is 4.39 Å². The van der Waals surface area contributed by atoms with Crippen molar-refractivity contribution in [2.45, 2.75) is 12.0 Å². The first-order valence-electron chi connectivity index (χ1n) is 8.20. The molecule has 0 radical (unpaired) electrons. The normalized spacial score (nSPS) is 25.2. The first kappa shape index (κ1) is 15.6. The van der Waals surface area contributed by atoms with E-state index < -0.39 is 5.54 Å². The molecule has 1 aliphatic carbocycles. The highest BCUT2D eigenvalue weighted by atomic mass is 19.1. The van der Waals surface area contributed by atoms with E-state index >= 15 is 0 Å². The average molecular weight is 335 g/mol. The zero-order valence-electron chi connectivity index (χ0n) is 13.6. The fourth-order valence-electron chi connectivity index (χ4n) is 3.45. The predicted molar refractivity (Wildman–Crippen MR) is 95.4 cm³/mol. The van der Waals surface area contributed by atoms with Gasteiger partial charge >= 0.3 is 0 Å². The van der Waals surface area contributed by atoms with Crippen molar-refractivity contribution >= 4 is 6.02 Å². The fraction of sp³-hybridized carbons (Fsp3) is 0.200. The molecule has 126 valence electrons. The van der Waals surface area contributed by atoms with Crippen LogP contribution in [0.1, 0.15) is 12.0 Å². The van der Waals surface area contributed by atoms with Crippen molar-refractivity contribution in [3.63, 3.8) is 0 Å². The summed E-state index contributed by atoms with van der Waals surface area (Å²) in [6.07, 6.45) is 9.06. The molecule has 5 heteroatoms. The van der Waals surface area contributed by atoms with Gasteiger partial charge in [0.2, 0.25) is 0 Å². The molecule has 2 aliphatic rings. The van der Waals surface area contributed by atoms with Gasteiger partial charge in [-0.15, -0.1) is 0 Å². The molecule has 2 unspecified atom stereocenters. The Hall–Kier alpha value is -2.95. The summed E-state index contributed by atoms with van der Waals surface area (Å²) >= 11 is 0. The SMILES string of the molecule is NC1=NC(c2cccc(-c3cccnc3)c2)(C2C=CC(F)=CC2)CO1. The molecule has 2 N–H and O–H groups in total. The molecule has 4 rings (SSSR count). The van der Waals surface area contributed by atoms with E-state index in [0.717, 1.165) is 16.7 Å². The van der Waals surface area contributed by atoms with Crippen molar-refractivity contribution in [2.75, 3.05) is 6.61 Å². The van der Waals surface area contributed by atoms with Gasteiger partial charge in [-0.05, 0) is 47.4 Å². The average Bonchev–Trinajstić information content (AvgIpc) is 3.06. The second-order valence-electron chi connectivity index (χ2n) is 6.28. The molecule has 4 nitrogen and oxygen atoms in total. The van der Waals surface area contributed by atoms with E-state index in [2.05, 4.69) is 16.0 Å². The molecule has 0 spiro atoms. The second-order valence-corrected chi connectivity index (χ2v) is 6.28. The number of amidine groups is 1. The number of hydrogen-bond donors (Lipinski definition) is 1. The Morgan fingerprint density at radius 1 is 1.20 bits per heavy atom. The second kappa shape index (κ2) is 6.16. The number of allylic oxidation sites excluding steroid dienone is 3. The van der Waals surface area contributed by atoms with Crippen LogP contribution >= 0.6 is 0 Å². The molecule has 1 aliphatic heterocycles. The lowest BCUT2D eigenvalue weighted by Crippen LogP contribution is -2.34. The summed E-state index contributed by atoms with van der Waals surface area (Å²) < 4.78 is 18.9. The third-order valence-corrected chi connectivity index (χ3v) is 4.78. The van der Waals surface area contributed by atoms with Crippen molar-refractivity contribution in [3.05, 3.63) is 78.4 Å². The summed E-state index contributed by atoms with van der Waals surface area (Å²) in [4.78, 5) is 8.81. The Morgan fingerprint density at radius 2 is 2.08 bits per heavy atom. The van der Waals surface area contributed by atoms with Crippen LogP contribution in [-0.2, 0) is 10.3 Å². The first-order chi connectivity index (χ1) is 12.2. The number of nitrogens with zero attached hydrogens (tertiary/aromatic N) is 2. The molecule has 1 aromatic heterocycles. The van der Waals surface area contributed by atoms with Crippen molar-refractivity contribution in [1.82, 2.24) is 4.98 Å². The van der Waals surface area contributed by atoms with Crippen molar-refractivity contribution in [3.8, 4) is 11.1 Å². The van der Waals surface area contributed by atoms with E-state index in [1.165, 1.54) is 6.08 Å². The van der Waals surface area contributed by atoms with E-state index in [9.17, 15) is 4.39 Å². The molecule has 2 aromatic rings. The van der Waals surface area contributed by atoms with Crippen LogP contribution < -0.4 is 5.73 Å². The van der Waals surface area contributed by atoms with Crippen LogP contribution in [-0.4, -0.2) is 17.6 Å². The summed E-state index contributed by atoms with van der Waals surface area (Å²) in [5.74, 6) is -0.233. The minimum Gasteiger partial charge on any atom is -0.462 e.